The number of carbonyl (C=O) groups excluding carboxylic acids is 2. The predicted octanol–water partition coefficient (Wildman–Crippen LogP) is 2.04. The molecule has 29 heavy (non-hydrogen) atoms. The van der Waals surface area contributed by atoms with Crippen molar-refractivity contribution in [3.8, 4) is 11.3 Å². The molecule has 0 amide bonds. The Kier molecular flexibility index (Phi) is 6.17. The summed E-state index contributed by atoms with van der Waals surface area (Å²) in [6, 6.07) is 12.4. The van der Waals surface area contributed by atoms with E-state index in [0.29, 0.717) is 10.6 Å². The number of carbonyl (C=O) groups is 2. The van der Waals surface area contributed by atoms with E-state index in [2.05, 4.69) is 5.16 Å². The van der Waals surface area contributed by atoms with E-state index in [-0.39, 0.29) is 34.6 Å². The van der Waals surface area contributed by atoms with E-state index in [1.165, 1.54) is 24.3 Å². The van der Waals surface area contributed by atoms with E-state index in [4.69, 9.17) is 16.1 Å². The summed E-state index contributed by atoms with van der Waals surface area (Å²) in [4.78, 5) is 24.1. The Balaban J connectivity index is 1.97. The first kappa shape index (κ1) is 20.8. The zero-order valence-corrected chi connectivity index (χ0v) is 16.1. The highest BCUT2D eigenvalue weighted by Gasteiger charge is 2.31. The fourth-order valence-corrected chi connectivity index (χ4v) is 3.36. The molecule has 148 valence electrons. The van der Waals surface area contributed by atoms with Gasteiger partial charge in [-0.1, -0.05) is 59.2 Å². The van der Waals surface area contributed by atoms with Gasteiger partial charge in [-0.05, 0) is 24.1 Å². The van der Waals surface area contributed by atoms with Crippen LogP contribution in [0.2, 0.25) is 5.02 Å². The third-order valence-corrected chi connectivity index (χ3v) is 4.92. The van der Waals surface area contributed by atoms with Gasteiger partial charge in [0.05, 0.1) is 16.6 Å². The van der Waals surface area contributed by atoms with E-state index < -0.39 is 24.7 Å². The number of aromatic nitrogens is 1. The lowest BCUT2D eigenvalue weighted by Crippen LogP contribution is -2.27. The van der Waals surface area contributed by atoms with Gasteiger partial charge in [0.2, 0.25) is 0 Å². The highest BCUT2D eigenvalue weighted by molar-refractivity contribution is 6.44. The molecule has 0 bridgehead atoms. The van der Waals surface area contributed by atoms with Crippen LogP contribution in [0.1, 0.15) is 44.3 Å². The number of ketones is 1. The van der Waals surface area contributed by atoms with Crippen molar-refractivity contribution < 1.29 is 29.3 Å². The molecule has 0 aliphatic rings. The van der Waals surface area contributed by atoms with Crippen molar-refractivity contribution in [3.05, 3.63) is 76.0 Å². The first-order chi connectivity index (χ1) is 13.8. The molecule has 1 heterocycles. The van der Waals surface area contributed by atoms with Gasteiger partial charge in [0.1, 0.15) is 11.5 Å². The van der Waals surface area contributed by atoms with E-state index in [1.807, 2.05) is 0 Å². The van der Waals surface area contributed by atoms with Crippen LogP contribution in [-0.4, -0.2) is 34.1 Å². The molecule has 0 saturated carbocycles. The number of aryl methyl sites for hydroxylation is 1. The van der Waals surface area contributed by atoms with Crippen LogP contribution in [0.4, 0.5) is 0 Å². The SMILES string of the molecule is Cc1onc(-c2ccccc2Cl)c1C(=O)C[C@H](B(O)O)c1cccc(C(=O)[O-])c1. The van der Waals surface area contributed by atoms with Crippen molar-refractivity contribution in [2.24, 2.45) is 0 Å². The number of nitrogens with zero attached hydrogens (tertiary/aromatic N) is 1. The summed E-state index contributed by atoms with van der Waals surface area (Å²) in [5, 5.41) is 35.1. The second kappa shape index (κ2) is 8.61. The minimum atomic E-state index is -1.89. The number of aromatic carboxylic acids is 1. The molecule has 0 aliphatic carbocycles. The summed E-state index contributed by atoms with van der Waals surface area (Å²) in [7, 11) is -1.89. The van der Waals surface area contributed by atoms with E-state index >= 15 is 0 Å². The Bertz CT molecular complexity index is 1060. The van der Waals surface area contributed by atoms with Crippen LogP contribution in [0.15, 0.2) is 53.1 Å². The van der Waals surface area contributed by atoms with Gasteiger partial charge >= 0.3 is 7.12 Å². The third-order valence-electron chi connectivity index (χ3n) is 4.59. The number of hydrogen-bond acceptors (Lipinski definition) is 7. The van der Waals surface area contributed by atoms with E-state index in [0.717, 1.165) is 0 Å². The van der Waals surface area contributed by atoms with Crippen LogP contribution in [0.3, 0.4) is 0 Å². The van der Waals surface area contributed by atoms with Crippen LogP contribution in [0.25, 0.3) is 11.3 Å². The normalized spacial score (nSPS) is 11.9. The minimum Gasteiger partial charge on any atom is -0.545 e. The van der Waals surface area contributed by atoms with E-state index in [9.17, 15) is 24.7 Å². The average Bonchev–Trinajstić information content (AvgIpc) is 3.07. The van der Waals surface area contributed by atoms with Gasteiger partial charge in [-0.3, -0.25) is 4.79 Å². The zero-order chi connectivity index (χ0) is 21.1. The molecule has 1 aromatic heterocycles. The Hall–Kier alpha value is -2.94. The molecule has 0 fully saturated rings. The smallest absolute Gasteiger partial charge is 0.459 e. The third kappa shape index (κ3) is 4.40. The molecule has 3 aromatic rings. The fraction of sp³-hybridized carbons (Fsp3) is 0.150. The number of Topliss-reactive ketones (excluding diaryl/α,β-unsaturated/α-hetero) is 1. The molecule has 0 unspecified atom stereocenters. The van der Waals surface area contributed by atoms with Crippen LogP contribution < -0.4 is 5.11 Å². The van der Waals surface area contributed by atoms with Gasteiger partial charge in [0, 0.05) is 17.8 Å². The Morgan fingerprint density at radius 1 is 1.21 bits per heavy atom. The number of hydrogen-bond donors (Lipinski definition) is 2. The lowest BCUT2D eigenvalue weighted by atomic mass is 9.65. The second-order valence-corrected chi connectivity index (χ2v) is 6.91. The molecule has 3 rings (SSSR count). The minimum absolute atomic E-state index is 0.126. The van der Waals surface area contributed by atoms with E-state index in [1.54, 1.807) is 31.2 Å². The summed E-state index contributed by atoms with van der Waals surface area (Å²) in [5.41, 5.74) is 1.10. The van der Waals surface area contributed by atoms with Crippen molar-refractivity contribution in [2.75, 3.05) is 0 Å². The van der Waals surface area contributed by atoms with Gasteiger partial charge in [0.15, 0.2) is 5.78 Å². The predicted molar refractivity (Wildman–Crippen MR) is 104 cm³/mol. The number of carboxylic acids is 1. The molecular formula is C20H16BClNO6-. The molecule has 2 N–H and O–H groups in total. The van der Waals surface area contributed by atoms with Gasteiger partial charge in [0.25, 0.3) is 0 Å². The lowest BCUT2D eigenvalue weighted by molar-refractivity contribution is -0.255. The van der Waals surface area contributed by atoms with Crippen LogP contribution in [-0.2, 0) is 0 Å². The number of halogens is 1. The molecule has 0 spiro atoms. The molecule has 0 saturated heterocycles. The number of rotatable bonds is 7. The molecule has 0 radical (unpaired) electrons. The first-order valence-electron chi connectivity index (χ1n) is 8.71. The van der Waals surface area contributed by atoms with Crippen LogP contribution in [0.5, 0.6) is 0 Å². The summed E-state index contributed by atoms with van der Waals surface area (Å²) in [6.07, 6.45) is -0.312. The average molecular weight is 413 g/mol. The maximum Gasteiger partial charge on any atom is 0.459 e. The molecule has 9 heteroatoms. The van der Waals surface area contributed by atoms with Gasteiger partial charge < -0.3 is 24.5 Å². The van der Waals surface area contributed by atoms with Crippen molar-refractivity contribution in [3.63, 3.8) is 0 Å². The standard InChI is InChI=1S/C20H17BClNO6/c1-11-18(19(23-29-11)14-7-2-3-8-16(14)22)17(24)10-15(21(27)28)12-5-4-6-13(9-12)20(25)26/h2-9,15,27-28H,10H2,1H3,(H,25,26)/p-1/t15-/m0/s1. The van der Waals surface area contributed by atoms with Gasteiger partial charge in [-0.15, -0.1) is 0 Å². The largest absolute Gasteiger partial charge is 0.545 e. The molecule has 0 aliphatic heterocycles. The van der Waals surface area contributed by atoms with Crippen molar-refractivity contribution in [1.82, 2.24) is 5.16 Å². The summed E-state index contributed by atoms with van der Waals surface area (Å²) in [5.74, 6) is -2.65. The Morgan fingerprint density at radius 2 is 1.93 bits per heavy atom. The molecular weight excluding hydrogens is 396 g/mol. The maximum atomic E-state index is 13.0. The number of carboxylic acid groups (broad SMARTS) is 1. The van der Waals surface area contributed by atoms with Crippen molar-refractivity contribution >= 4 is 30.5 Å². The molecule has 7 nitrogen and oxygen atoms in total. The quantitative estimate of drug-likeness (QED) is 0.449. The zero-order valence-electron chi connectivity index (χ0n) is 15.3. The van der Waals surface area contributed by atoms with Crippen LogP contribution >= 0.6 is 11.6 Å². The second-order valence-electron chi connectivity index (χ2n) is 6.50. The Labute approximate surface area is 171 Å². The summed E-state index contributed by atoms with van der Waals surface area (Å²) >= 11 is 6.21. The topological polar surface area (TPSA) is 124 Å². The number of benzene rings is 2. The van der Waals surface area contributed by atoms with Crippen molar-refractivity contribution in [1.29, 1.82) is 0 Å². The maximum absolute atomic E-state index is 13.0. The Morgan fingerprint density at radius 3 is 2.59 bits per heavy atom. The lowest BCUT2D eigenvalue weighted by Gasteiger charge is -2.17. The summed E-state index contributed by atoms with van der Waals surface area (Å²) in [6.45, 7) is 1.57. The first-order valence-corrected chi connectivity index (χ1v) is 9.09. The highest BCUT2D eigenvalue weighted by Crippen LogP contribution is 2.33. The van der Waals surface area contributed by atoms with Crippen LogP contribution in [0, 0.1) is 6.92 Å². The molecule has 2 aromatic carbocycles. The molecule has 1 atom stereocenters. The highest BCUT2D eigenvalue weighted by atomic mass is 35.5. The monoisotopic (exact) mass is 412 g/mol. The van der Waals surface area contributed by atoms with Gasteiger partial charge in [-0.25, -0.2) is 0 Å². The van der Waals surface area contributed by atoms with Gasteiger partial charge in [-0.2, -0.15) is 0 Å². The fourth-order valence-electron chi connectivity index (χ4n) is 3.13. The summed E-state index contributed by atoms with van der Waals surface area (Å²) < 4.78 is 5.18. The van der Waals surface area contributed by atoms with Crippen molar-refractivity contribution in [2.45, 2.75) is 19.2 Å².